The molecule has 0 aromatic heterocycles. The van der Waals surface area contributed by atoms with E-state index in [1.807, 2.05) is 43.3 Å². The van der Waals surface area contributed by atoms with E-state index < -0.39 is 5.41 Å². The van der Waals surface area contributed by atoms with Crippen LogP contribution < -0.4 is 11.1 Å². The summed E-state index contributed by atoms with van der Waals surface area (Å²) in [5.74, 6) is -0.0743. The molecule has 0 radical (unpaired) electrons. The van der Waals surface area contributed by atoms with Crippen molar-refractivity contribution in [1.29, 1.82) is 0 Å². The van der Waals surface area contributed by atoms with Crippen LogP contribution >= 0.6 is 0 Å². The third-order valence-corrected chi connectivity index (χ3v) is 7.65. The molecule has 1 aliphatic rings. The molecule has 0 aliphatic carbocycles. The number of amides is 1. The third kappa shape index (κ3) is 7.39. The molecule has 1 aliphatic heterocycles. The second-order valence-electron chi connectivity index (χ2n) is 10.2. The lowest BCUT2D eigenvalue weighted by molar-refractivity contribution is -0.123. The fraction of sp³-hybridized carbons (Fsp3) is 0.567. The minimum absolute atomic E-state index is 0.173. The molecule has 0 spiro atoms. The van der Waals surface area contributed by atoms with Gasteiger partial charge in [0.05, 0.1) is 6.61 Å². The number of nitrogens with zero attached hydrogens (tertiary/aromatic N) is 1. The first-order valence-electron chi connectivity index (χ1n) is 13.6. The highest BCUT2D eigenvalue weighted by Crippen LogP contribution is 2.43. The predicted molar refractivity (Wildman–Crippen MR) is 144 cm³/mol. The summed E-state index contributed by atoms with van der Waals surface area (Å²) >= 11 is 0. The van der Waals surface area contributed by atoms with Crippen LogP contribution in [-0.2, 0) is 10.2 Å². The molecule has 192 valence electrons. The standard InChI is InChI=1S/C30H45N3O2/c1-25(24-34)32-20-13-5-3-2-4-6-14-21-33-22-19-28(23-33)30(29(31)35,26-15-9-7-10-16-26)27-17-11-8-12-18-27/h7-12,15-18,25,28,32,34H,2-6,13-14,19-24H2,1H3,(H2,31,35)/t25-,28+/m0/s1. The van der Waals surface area contributed by atoms with Crippen molar-refractivity contribution in [3.63, 3.8) is 0 Å². The smallest absolute Gasteiger partial charge is 0.232 e. The van der Waals surface area contributed by atoms with Gasteiger partial charge in [0.15, 0.2) is 0 Å². The number of aliphatic hydroxyl groups is 1. The average molecular weight is 480 g/mol. The number of primary amides is 1. The highest BCUT2D eigenvalue weighted by atomic mass is 16.3. The Morgan fingerprint density at radius 2 is 1.51 bits per heavy atom. The first kappa shape index (κ1) is 27.4. The Bertz CT molecular complexity index is 819. The number of hydrogen-bond acceptors (Lipinski definition) is 4. The number of carbonyl (C=O) groups excluding carboxylic acids is 1. The SMILES string of the molecule is C[C@@H](CO)NCCCCCCCCCN1CC[C@@H](C(C(N)=O)(c2ccccc2)c2ccccc2)C1. The van der Waals surface area contributed by atoms with E-state index in [1.165, 1.54) is 44.9 Å². The maximum atomic E-state index is 13.2. The number of nitrogens with one attached hydrogen (secondary N) is 1. The molecule has 4 N–H and O–H groups in total. The zero-order valence-corrected chi connectivity index (χ0v) is 21.5. The molecule has 5 nitrogen and oxygen atoms in total. The number of carbonyl (C=O) groups is 1. The maximum absolute atomic E-state index is 13.2. The van der Waals surface area contributed by atoms with E-state index in [0.717, 1.165) is 43.7 Å². The number of benzene rings is 2. The van der Waals surface area contributed by atoms with Crippen molar-refractivity contribution in [1.82, 2.24) is 10.2 Å². The van der Waals surface area contributed by atoms with Crippen molar-refractivity contribution < 1.29 is 9.90 Å². The van der Waals surface area contributed by atoms with Gasteiger partial charge in [0, 0.05) is 12.6 Å². The lowest BCUT2D eigenvalue weighted by atomic mass is 9.64. The lowest BCUT2D eigenvalue weighted by Crippen LogP contribution is -2.49. The molecule has 0 bridgehead atoms. The Kier molecular flexibility index (Phi) is 11.2. The summed E-state index contributed by atoms with van der Waals surface area (Å²) in [4.78, 5) is 15.7. The van der Waals surface area contributed by atoms with Gasteiger partial charge >= 0.3 is 0 Å². The average Bonchev–Trinajstić information content (AvgIpc) is 3.35. The molecule has 0 unspecified atom stereocenters. The van der Waals surface area contributed by atoms with Crippen molar-refractivity contribution in [3.05, 3.63) is 71.8 Å². The fourth-order valence-corrected chi connectivity index (χ4v) is 5.67. The highest BCUT2D eigenvalue weighted by Gasteiger charge is 2.49. The molecule has 3 rings (SSSR count). The van der Waals surface area contributed by atoms with Gasteiger partial charge in [-0.15, -0.1) is 0 Å². The van der Waals surface area contributed by atoms with E-state index in [-0.39, 0.29) is 24.5 Å². The number of nitrogens with two attached hydrogens (primary N) is 1. The Morgan fingerprint density at radius 3 is 2.06 bits per heavy atom. The van der Waals surface area contributed by atoms with Gasteiger partial charge in [0.2, 0.25) is 5.91 Å². The molecular weight excluding hydrogens is 434 g/mol. The van der Waals surface area contributed by atoms with Crippen LogP contribution in [0.4, 0.5) is 0 Å². The first-order valence-corrected chi connectivity index (χ1v) is 13.6. The molecule has 0 saturated carbocycles. The molecular formula is C30H45N3O2. The van der Waals surface area contributed by atoms with E-state index in [4.69, 9.17) is 10.8 Å². The molecule has 1 heterocycles. The van der Waals surface area contributed by atoms with Gasteiger partial charge in [-0.25, -0.2) is 0 Å². The van der Waals surface area contributed by atoms with Gasteiger partial charge in [-0.05, 0) is 62.9 Å². The minimum Gasteiger partial charge on any atom is -0.395 e. The minimum atomic E-state index is -0.791. The van der Waals surface area contributed by atoms with Crippen molar-refractivity contribution in [3.8, 4) is 0 Å². The van der Waals surface area contributed by atoms with Crippen LogP contribution in [0.25, 0.3) is 0 Å². The maximum Gasteiger partial charge on any atom is 0.232 e. The Balaban J connectivity index is 1.47. The van der Waals surface area contributed by atoms with Crippen LogP contribution in [0.3, 0.4) is 0 Å². The summed E-state index contributed by atoms with van der Waals surface area (Å²) < 4.78 is 0. The molecule has 1 fully saturated rings. The van der Waals surface area contributed by atoms with Gasteiger partial charge in [0.1, 0.15) is 5.41 Å². The molecule has 1 saturated heterocycles. The van der Waals surface area contributed by atoms with E-state index in [1.54, 1.807) is 0 Å². The second kappa shape index (κ2) is 14.4. The van der Waals surface area contributed by atoms with Crippen LogP contribution in [0.15, 0.2) is 60.7 Å². The normalized spacial score (nSPS) is 17.5. The topological polar surface area (TPSA) is 78.6 Å². The van der Waals surface area contributed by atoms with Gasteiger partial charge < -0.3 is 21.1 Å². The van der Waals surface area contributed by atoms with E-state index in [2.05, 4.69) is 34.5 Å². The summed E-state index contributed by atoms with van der Waals surface area (Å²) in [7, 11) is 0. The van der Waals surface area contributed by atoms with Crippen LogP contribution in [0.1, 0.15) is 69.4 Å². The summed E-state index contributed by atoms with van der Waals surface area (Å²) in [5.41, 5.74) is 7.43. The predicted octanol–water partition coefficient (Wildman–Crippen LogP) is 4.48. The van der Waals surface area contributed by atoms with Crippen LogP contribution in [-0.4, -0.2) is 54.7 Å². The van der Waals surface area contributed by atoms with Gasteiger partial charge in [-0.3, -0.25) is 4.79 Å². The summed E-state index contributed by atoms with van der Waals surface area (Å²) in [5, 5.41) is 12.4. The molecule has 1 amide bonds. The Morgan fingerprint density at radius 1 is 0.971 bits per heavy atom. The van der Waals surface area contributed by atoms with Crippen molar-refractivity contribution in [2.75, 3.05) is 32.8 Å². The molecule has 2 atom stereocenters. The van der Waals surface area contributed by atoms with E-state index in [0.29, 0.717) is 0 Å². The molecule has 5 heteroatoms. The van der Waals surface area contributed by atoms with Gasteiger partial charge in [-0.1, -0.05) is 92.8 Å². The number of hydrogen-bond donors (Lipinski definition) is 3. The Hall–Kier alpha value is -2.21. The highest BCUT2D eigenvalue weighted by molar-refractivity contribution is 5.91. The zero-order chi connectivity index (χ0) is 24.9. The largest absolute Gasteiger partial charge is 0.395 e. The number of unbranched alkanes of at least 4 members (excludes halogenated alkanes) is 6. The molecule has 2 aromatic carbocycles. The third-order valence-electron chi connectivity index (χ3n) is 7.65. The summed E-state index contributed by atoms with van der Waals surface area (Å²) in [6.45, 7) is 6.25. The Labute approximate surface area is 212 Å². The number of aliphatic hydroxyl groups excluding tert-OH is 1. The van der Waals surface area contributed by atoms with Gasteiger partial charge in [-0.2, -0.15) is 0 Å². The summed E-state index contributed by atoms with van der Waals surface area (Å²) in [6, 6.07) is 20.5. The van der Waals surface area contributed by atoms with E-state index >= 15 is 0 Å². The lowest BCUT2D eigenvalue weighted by Gasteiger charge is -2.37. The number of rotatable bonds is 16. The monoisotopic (exact) mass is 479 g/mol. The van der Waals surface area contributed by atoms with E-state index in [9.17, 15) is 4.79 Å². The molecule has 2 aromatic rings. The quantitative estimate of drug-likeness (QED) is 0.310. The second-order valence-corrected chi connectivity index (χ2v) is 10.2. The first-order chi connectivity index (χ1) is 17.1. The zero-order valence-electron chi connectivity index (χ0n) is 21.5. The van der Waals surface area contributed by atoms with Crippen molar-refractivity contribution in [2.45, 2.75) is 69.7 Å². The molecule has 35 heavy (non-hydrogen) atoms. The van der Waals surface area contributed by atoms with Crippen molar-refractivity contribution in [2.24, 2.45) is 11.7 Å². The van der Waals surface area contributed by atoms with Crippen LogP contribution in [0.5, 0.6) is 0 Å². The van der Waals surface area contributed by atoms with Crippen molar-refractivity contribution >= 4 is 5.91 Å². The van der Waals surface area contributed by atoms with Crippen LogP contribution in [0.2, 0.25) is 0 Å². The summed E-state index contributed by atoms with van der Waals surface area (Å²) in [6.07, 6.45) is 9.77. The van der Waals surface area contributed by atoms with Crippen LogP contribution in [0, 0.1) is 5.92 Å². The number of likely N-dealkylation sites (tertiary alicyclic amines) is 1. The van der Waals surface area contributed by atoms with Gasteiger partial charge in [0.25, 0.3) is 0 Å². The fourth-order valence-electron chi connectivity index (χ4n) is 5.67.